The van der Waals surface area contributed by atoms with E-state index in [9.17, 15) is 4.79 Å². The van der Waals surface area contributed by atoms with Gasteiger partial charge in [-0.05, 0) is 25.5 Å². The van der Waals surface area contributed by atoms with E-state index in [4.69, 9.17) is 9.63 Å². The topological polar surface area (TPSA) is 101 Å². The molecule has 2 rings (SSSR count). The first-order chi connectivity index (χ1) is 10.2. The molecule has 112 valence electrons. The van der Waals surface area contributed by atoms with Gasteiger partial charge in [-0.1, -0.05) is 5.16 Å². The fraction of sp³-hybridized carbons (Fsp3) is 0.429. The van der Waals surface area contributed by atoms with Crippen molar-refractivity contribution in [3.05, 3.63) is 30.4 Å². The van der Waals surface area contributed by atoms with Crippen molar-refractivity contribution in [3.63, 3.8) is 0 Å². The molecule has 0 spiro atoms. The van der Waals surface area contributed by atoms with E-state index < -0.39 is 0 Å². The van der Waals surface area contributed by atoms with Crippen molar-refractivity contribution in [1.29, 1.82) is 0 Å². The van der Waals surface area contributed by atoms with E-state index in [2.05, 4.69) is 20.4 Å². The van der Waals surface area contributed by atoms with Crippen LogP contribution < -0.4 is 5.32 Å². The zero-order chi connectivity index (χ0) is 15.1. The Morgan fingerprint density at radius 3 is 3.10 bits per heavy atom. The van der Waals surface area contributed by atoms with Crippen molar-refractivity contribution < 1.29 is 14.4 Å². The largest absolute Gasteiger partial charge is 0.396 e. The number of nitrogens with one attached hydrogen (secondary N) is 1. The van der Waals surface area contributed by atoms with Gasteiger partial charge in [-0.25, -0.2) is 0 Å². The van der Waals surface area contributed by atoms with Gasteiger partial charge in [0.25, 0.3) is 0 Å². The Balaban J connectivity index is 1.84. The molecule has 0 aliphatic rings. The van der Waals surface area contributed by atoms with E-state index >= 15 is 0 Å². The highest BCUT2D eigenvalue weighted by atomic mass is 16.5. The average Bonchev–Trinajstić information content (AvgIpc) is 2.95. The maximum atomic E-state index is 11.7. The molecule has 0 bridgehead atoms. The zero-order valence-electron chi connectivity index (χ0n) is 11.8. The quantitative estimate of drug-likeness (QED) is 0.787. The second-order valence-electron chi connectivity index (χ2n) is 4.73. The van der Waals surface area contributed by atoms with Crippen molar-refractivity contribution in [2.45, 2.75) is 32.2 Å². The molecule has 2 heterocycles. The summed E-state index contributed by atoms with van der Waals surface area (Å²) in [6.45, 7) is 1.90. The predicted octanol–water partition coefficient (Wildman–Crippen LogP) is 0.951. The minimum atomic E-state index is -0.0999. The summed E-state index contributed by atoms with van der Waals surface area (Å²) in [5.41, 5.74) is 0.772. The summed E-state index contributed by atoms with van der Waals surface area (Å²) in [6.07, 6.45) is 4.51. The number of carbonyl (C=O) groups is 1. The predicted molar refractivity (Wildman–Crippen MR) is 75.2 cm³/mol. The first kappa shape index (κ1) is 15.1. The third-order valence-corrected chi connectivity index (χ3v) is 2.92. The van der Waals surface area contributed by atoms with Crippen LogP contribution in [0.1, 0.15) is 25.7 Å². The van der Waals surface area contributed by atoms with Crippen LogP contribution in [-0.2, 0) is 11.2 Å². The molecule has 0 aliphatic carbocycles. The molecule has 0 fully saturated rings. The van der Waals surface area contributed by atoms with Crippen LogP contribution in [0.15, 0.2) is 29.0 Å². The number of aromatic nitrogens is 3. The highest BCUT2D eigenvalue weighted by molar-refractivity contribution is 5.76. The smallest absolute Gasteiger partial charge is 0.227 e. The van der Waals surface area contributed by atoms with Crippen LogP contribution >= 0.6 is 0 Å². The lowest BCUT2D eigenvalue weighted by molar-refractivity contribution is -0.121. The number of carbonyl (C=O) groups excluding carboxylic acids is 1. The Morgan fingerprint density at radius 1 is 1.52 bits per heavy atom. The number of pyridine rings is 1. The standard InChI is InChI=1S/C14H18N4O3/c1-10(6-8-19)16-12(20)4-5-13-17-14(18-21-13)11-3-2-7-15-9-11/h2-3,7,9-10,19H,4-6,8H2,1H3,(H,16,20). The minimum absolute atomic E-state index is 0.0452. The lowest BCUT2D eigenvalue weighted by Crippen LogP contribution is -2.33. The van der Waals surface area contributed by atoms with Gasteiger partial charge in [0.05, 0.1) is 0 Å². The highest BCUT2D eigenvalue weighted by Crippen LogP contribution is 2.14. The van der Waals surface area contributed by atoms with Crippen LogP contribution in [0.5, 0.6) is 0 Å². The molecule has 7 heteroatoms. The number of hydrogen-bond donors (Lipinski definition) is 2. The van der Waals surface area contributed by atoms with Crippen LogP contribution in [0.2, 0.25) is 0 Å². The second kappa shape index (κ2) is 7.49. The number of aliphatic hydroxyl groups excluding tert-OH is 1. The van der Waals surface area contributed by atoms with E-state index in [-0.39, 0.29) is 25.0 Å². The van der Waals surface area contributed by atoms with Crippen molar-refractivity contribution >= 4 is 5.91 Å². The number of aliphatic hydroxyl groups is 1. The summed E-state index contributed by atoms with van der Waals surface area (Å²) in [4.78, 5) is 19.9. The van der Waals surface area contributed by atoms with E-state index in [1.165, 1.54) is 0 Å². The monoisotopic (exact) mass is 290 g/mol. The summed E-state index contributed by atoms with van der Waals surface area (Å²) in [7, 11) is 0. The molecule has 0 saturated heterocycles. The molecule has 0 radical (unpaired) electrons. The van der Waals surface area contributed by atoms with E-state index in [0.29, 0.717) is 24.6 Å². The molecule has 2 aromatic rings. The van der Waals surface area contributed by atoms with E-state index in [0.717, 1.165) is 5.56 Å². The lowest BCUT2D eigenvalue weighted by Gasteiger charge is -2.11. The normalized spacial score (nSPS) is 12.1. The SMILES string of the molecule is CC(CCO)NC(=O)CCc1nc(-c2cccnc2)no1. The minimum Gasteiger partial charge on any atom is -0.396 e. The molecular formula is C14H18N4O3. The number of rotatable bonds is 7. The van der Waals surface area contributed by atoms with Gasteiger partial charge in [-0.3, -0.25) is 9.78 Å². The molecule has 7 nitrogen and oxygen atoms in total. The third-order valence-electron chi connectivity index (χ3n) is 2.92. The van der Waals surface area contributed by atoms with Crippen LogP contribution in [-0.4, -0.2) is 38.8 Å². The molecule has 2 N–H and O–H groups in total. The fourth-order valence-electron chi connectivity index (χ4n) is 1.80. The van der Waals surface area contributed by atoms with Crippen molar-refractivity contribution in [2.75, 3.05) is 6.61 Å². The summed E-state index contributed by atoms with van der Waals surface area (Å²) in [5, 5.41) is 15.4. The molecule has 1 atom stereocenters. The first-order valence-electron chi connectivity index (χ1n) is 6.82. The Morgan fingerprint density at radius 2 is 2.38 bits per heavy atom. The van der Waals surface area contributed by atoms with Crippen molar-refractivity contribution in [1.82, 2.24) is 20.4 Å². The molecular weight excluding hydrogens is 272 g/mol. The first-order valence-corrected chi connectivity index (χ1v) is 6.82. The summed E-state index contributed by atoms with van der Waals surface area (Å²) in [6, 6.07) is 3.59. The average molecular weight is 290 g/mol. The number of amides is 1. The van der Waals surface area contributed by atoms with Gasteiger partial charge in [0, 0.05) is 43.4 Å². The molecule has 2 aromatic heterocycles. The lowest BCUT2D eigenvalue weighted by atomic mass is 10.2. The van der Waals surface area contributed by atoms with Crippen LogP contribution in [0.4, 0.5) is 0 Å². The van der Waals surface area contributed by atoms with Gasteiger partial charge in [-0.15, -0.1) is 0 Å². The van der Waals surface area contributed by atoms with Gasteiger partial charge >= 0.3 is 0 Å². The van der Waals surface area contributed by atoms with Gasteiger partial charge in [0.2, 0.25) is 17.6 Å². The molecule has 0 aromatic carbocycles. The Kier molecular flexibility index (Phi) is 5.39. The highest BCUT2D eigenvalue weighted by Gasteiger charge is 2.12. The van der Waals surface area contributed by atoms with Gasteiger partial charge < -0.3 is 14.9 Å². The van der Waals surface area contributed by atoms with E-state index in [1.54, 1.807) is 18.5 Å². The fourth-order valence-corrected chi connectivity index (χ4v) is 1.80. The second-order valence-corrected chi connectivity index (χ2v) is 4.73. The van der Waals surface area contributed by atoms with E-state index in [1.807, 2.05) is 13.0 Å². The third kappa shape index (κ3) is 4.64. The van der Waals surface area contributed by atoms with Crippen molar-refractivity contribution in [3.8, 4) is 11.4 Å². The number of hydrogen-bond acceptors (Lipinski definition) is 6. The van der Waals surface area contributed by atoms with Crippen molar-refractivity contribution in [2.24, 2.45) is 0 Å². The number of nitrogens with zero attached hydrogens (tertiary/aromatic N) is 3. The zero-order valence-corrected chi connectivity index (χ0v) is 11.8. The Bertz CT molecular complexity index is 571. The molecule has 21 heavy (non-hydrogen) atoms. The maximum Gasteiger partial charge on any atom is 0.227 e. The molecule has 0 aliphatic heterocycles. The van der Waals surface area contributed by atoms with Crippen LogP contribution in [0.3, 0.4) is 0 Å². The van der Waals surface area contributed by atoms with Crippen LogP contribution in [0.25, 0.3) is 11.4 Å². The van der Waals surface area contributed by atoms with Gasteiger partial charge in [0.15, 0.2) is 0 Å². The molecule has 1 unspecified atom stereocenters. The van der Waals surface area contributed by atoms with Gasteiger partial charge in [0.1, 0.15) is 0 Å². The van der Waals surface area contributed by atoms with Gasteiger partial charge in [-0.2, -0.15) is 4.98 Å². The summed E-state index contributed by atoms with van der Waals surface area (Å²) < 4.78 is 5.11. The number of aryl methyl sites for hydroxylation is 1. The molecule has 0 saturated carbocycles. The van der Waals surface area contributed by atoms with Crippen LogP contribution in [0, 0.1) is 0 Å². The Labute approximate surface area is 122 Å². The maximum absolute atomic E-state index is 11.7. The Hall–Kier alpha value is -2.28. The summed E-state index contributed by atoms with van der Waals surface area (Å²) in [5.74, 6) is 0.781. The molecule has 1 amide bonds. The summed E-state index contributed by atoms with van der Waals surface area (Å²) >= 11 is 0.